The lowest BCUT2D eigenvalue weighted by Gasteiger charge is -2.09. The summed E-state index contributed by atoms with van der Waals surface area (Å²) < 4.78 is 57.0. The molecule has 4 nitrogen and oxygen atoms in total. The molecule has 1 aliphatic rings. The van der Waals surface area contributed by atoms with Gasteiger partial charge in [0.05, 0.1) is 23.8 Å². The van der Waals surface area contributed by atoms with Crippen molar-refractivity contribution in [2.75, 3.05) is 11.9 Å². The number of nitrogens with one attached hydrogen (secondary N) is 2. The highest BCUT2D eigenvalue weighted by Gasteiger charge is 2.58. The zero-order chi connectivity index (χ0) is 21.5. The molecule has 2 atom stereocenters. The van der Waals surface area contributed by atoms with Crippen LogP contribution in [0.3, 0.4) is 0 Å². The van der Waals surface area contributed by atoms with Crippen molar-refractivity contribution in [3.05, 3.63) is 59.8 Å². The number of benzene rings is 2. The van der Waals surface area contributed by atoms with Crippen LogP contribution in [0.25, 0.3) is 10.9 Å². The fourth-order valence-electron chi connectivity index (χ4n) is 3.16. The normalized spacial score (nSPS) is 20.9. The van der Waals surface area contributed by atoms with Gasteiger partial charge in [-0.1, -0.05) is 23.7 Å². The predicted octanol–water partition coefficient (Wildman–Crippen LogP) is 5.67. The van der Waals surface area contributed by atoms with Gasteiger partial charge in [-0.3, -0.25) is 4.79 Å². The molecule has 0 bridgehead atoms. The zero-order valence-corrected chi connectivity index (χ0v) is 16.3. The van der Waals surface area contributed by atoms with Gasteiger partial charge in [-0.05, 0) is 35.9 Å². The van der Waals surface area contributed by atoms with E-state index in [2.05, 4.69) is 10.3 Å². The topological polar surface area (TPSA) is 54.1 Å². The Morgan fingerprint density at radius 1 is 1.23 bits per heavy atom. The second-order valence-corrected chi connectivity index (χ2v) is 7.84. The van der Waals surface area contributed by atoms with Crippen LogP contribution in [-0.2, 0) is 17.4 Å². The Morgan fingerprint density at radius 2 is 1.93 bits per heavy atom. The minimum Gasteiger partial charge on any atom is -0.493 e. The van der Waals surface area contributed by atoms with Gasteiger partial charge in [-0.25, -0.2) is 4.39 Å². The molecule has 9 heteroatoms. The van der Waals surface area contributed by atoms with Gasteiger partial charge in [0, 0.05) is 29.9 Å². The van der Waals surface area contributed by atoms with Gasteiger partial charge in [0.25, 0.3) is 0 Å². The second kappa shape index (κ2) is 7.50. The molecule has 30 heavy (non-hydrogen) atoms. The molecule has 0 spiro atoms. The molecule has 4 rings (SSSR count). The lowest BCUT2D eigenvalue weighted by atomic mass is 10.1. The largest absolute Gasteiger partial charge is 0.493 e. The van der Waals surface area contributed by atoms with Gasteiger partial charge >= 0.3 is 6.18 Å². The molecule has 2 unspecified atom stereocenters. The highest BCUT2D eigenvalue weighted by Crippen LogP contribution is 2.51. The van der Waals surface area contributed by atoms with E-state index in [0.717, 1.165) is 23.2 Å². The summed E-state index contributed by atoms with van der Waals surface area (Å²) in [4.78, 5) is 15.1. The summed E-state index contributed by atoms with van der Waals surface area (Å²) in [6, 6.07) is 10.2. The number of carbonyl (C=O) groups excluding carboxylic acids is 1. The smallest absolute Gasteiger partial charge is 0.416 e. The number of anilines is 1. The van der Waals surface area contributed by atoms with Crippen molar-refractivity contribution in [1.29, 1.82) is 0 Å². The fourth-order valence-corrected chi connectivity index (χ4v) is 3.41. The Balaban J connectivity index is 1.38. The second-order valence-electron chi connectivity index (χ2n) is 7.21. The number of alkyl halides is 5. The minimum absolute atomic E-state index is 0.0128. The quantitative estimate of drug-likeness (QED) is 0.383. The Morgan fingerprint density at radius 3 is 2.57 bits per heavy atom. The number of hydrogen-bond acceptors (Lipinski definition) is 2. The molecule has 1 saturated carbocycles. The van der Waals surface area contributed by atoms with E-state index < -0.39 is 28.7 Å². The molecule has 1 aliphatic carbocycles. The van der Waals surface area contributed by atoms with Crippen LogP contribution in [0, 0.1) is 5.92 Å². The fraction of sp³-hybridized carbons (Fsp3) is 0.286. The molecule has 2 aromatic carbocycles. The lowest BCUT2D eigenvalue weighted by Crippen LogP contribution is -2.16. The minimum atomic E-state index is -4.36. The van der Waals surface area contributed by atoms with E-state index in [0.29, 0.717) is 23.2 Å². The van der Waals surface area contributed by atoms with Gasteiger partial charge in [0.1, 0.15) is 5.75 Å². The molecule has 0 radical (unpaired) electrons. The first-order valence-electron chi connectivity index (χ1n) is 9.22. The van der Waals surface area contributed by atoms with E-state index in [1.54, 1.807) is 24.4 Å². The molecule has 3 aromatic rings. The zero-order valence-electron chi connectivity index (χ0n) is 15.5. The van der Waals surface area contributed by atoms with Crippen LogP contribution in [0.5, 0.6) is 5.75 Å². The van der Waals surface area contributed by atoms with Crippen molar-refractivity contribution < 1.29 is 27.1 Å². The van der Waals surface area contributed by atoms with Crippen LogP contribution in [-0.4, -0.2) is 22.6 Å². The van der Waals surface area contributed by atoms with Crippen LogP contribution >= 0.6 is 11.6 Å². The van der Waals surface area contributed by atoms with Crippen LogP contribution in [0.1, 0.15) is 17.5 Å². The molecule has 1 fully saturated rings. The molecular formula is C21H17ClF4N2O2. The van der Waals surface area contributed by atoms with Crippen molar-refractivity contribution in [2.45, 2.75) is 24.1 Å². The van der Waals surface area contributed by atoms with E-state index >= 15 is 0 Å². The van der Waals surface area contributed by atoms with Gasteiger partial charge in [-0.15, -0.1) is 0 Å². The number of ether oxygens (including phenoxy) is 1. The Labute approximate surface area is 174 Å². The van der Waals surface area contributed by atoms with Gasteiger partial charge in [0.15, 0.2) is 5.13 Å². The third kappa shape index (κ3) is 4.38. The Bertz CT molecular complexity index is 1080. The number of carbonyl (C=O) groups is 1. The van der Waals surface area contributed by atoms with Crippen LogP contribution < -0.4 is 10.1 Å². The molecule has 0 saturated heterocycles. The monoisotopic (exact) mass is 440 g/mol. The number of H-pyrrole nitrogens is 1. The van der Waals surface area contributed by atoms with E-state index in [4.69, 9.17) is 16.3 Å². The summed E-state index contributed by atoms with van der Waals surface area (Å²) in [6.45, 7) is 0.266. The summed E-state index contributed by atoms with van der Waals surface area (Å²) in [5.41, 5.74) is 1.28. The first kappa shape index (κ1) is 20.5. The van der Waals surface area contributed by atoms with Crippen molar-refractivity contribution >= 4 is 34.1 Å². The number of aromatic nitrogens is 1. The molecule has 1 aromatic heterocycles. The van der Waals surface area contributed by atoms with Crippen molar-refractivity contribution in [1.82, 2.24) is 4.98 Å². The number of halogens is 5. The molecule has 158 valence electrons. The first-order valence-corrected chi connectivity index (χ1v) is 9.60. The van der Waals surface area contributed by atoms with E-state index in [9.17, 15) is 22.4 Å². The summed E-state index contributed by atoms with van der Waals surface area (Å²) >= 11 is 5.51. The van der Waals surface area contributed by atoms with Crippen LogP contribution in [0.2, 0.25) is 0 Å². The number of amides is 1. The summed E-state index contributed by atoms with van der Waals surface area (Å²) in [7, 11) is 0. The van der Waals surface area contributed by atoms with Gasteiger partial charge in [-0.2, -0.15) is 13.2 Å². The third-order valence-corrected chi connectivity index (χ3v) is 5.41. The first-order chi connectivity index (χ1) is 14.1. The SMILES string of the molecule is O=C(Nc1c[nH]c2ccc(OCCc3ccc(C(F)(F)F)cc3)cc12)C1CC1(F)Cl. The van der Waals surface area contributed by atoms with Gasteiger partial charge < -0.3 is 15.0 Å². The molecule has 1 amide bonds. The highest BCUT2D eigenvalue weighted by atomic mass is 35.5. The third-order valence-electron chi connectivity index (χ3n) is 4.99. The maximum Gasteiger partial charge on any atom is 0.416 e. The van der Waals surface area contributed by atoms with E-state index in [1.807, 2.05) is 0 Å². The molecule has 0 aliphatic heterocycles. The van der Waals surface area contributed by atoms with E-state index in [1.165, 1.54) is 12.1 Å². The molecule has 2 N–H and O–H groups in total. The molecule has 1 heterocycles. The average molecular weight is 441 g/mol. The lowest BCUT2D eigenvalue weighted by molar-refractivity contribution is -0.137. The summed E-state index contributed by atoms with van der Waals surface area (Å²) in [6.07, 6.45) is -2.34. The number of hydrogen-bond donors (Lipinski definition) is 2. The predicted molar refractivity (Wildman–Crippen MR) is 105 cm³/mol. The standard InChI is InChI=1S/C21H17ClF4N2O2/c22-20(23)10-16(20)19(29)28-18-11-27-17-6-5-14(9-15(17)18)30-8-7-12-1-3-13(4-2-12)21(24,25)26/h1-6,9,11,16,27H,7-8,10H2,(H,28,29). The molecular weight excluding hydrogens is 424 g/mol. The van der Waals surface area contributed by atoms with E-state index in [-0.39, 0.29) is 13.0 Å². The van der Waals surface area contributed by atoms with Crippen molar-refractivity contribution in [3.63, 3.8) is 0 Å². The highest BCUT2D eigenvalue weighted by molar-refractivity contribution is 6.27. The number of fused-ring (bicyclic) bond motifs is 1. The summed E-state index contributed by atoms with van der Waals surface area (Å²) in [5.74, 6) is -0.817. The number of aromatic amines is 1. The summed E-state index contributed by atoms with van der Waals surface area (Å²) in [5, 5.41) is 1.39. The van der Waals surface area contributed by atoms with Gasteiger partial charge in [0.2, 0.25) is 5.91 Å². The van der Waals surface area contributed by atoms with Crippen molar-refractivity contribution in [2.24, 2.45) is 5.92 Å². The van der Waals surface area contributed by atoms with Crippen LogP contribution in [0.15, 0.2) is 48.7 Å². The van der Waals surface area contributed by atoms with Crippen LogP contribution in [0.4, 0.5) is 23.2 Å². The maximum atomic E-state index is 13.5. The average Bonchev–Trinajstić information content (AvgIpc) is 3.16. The number of rotatable bonds is 6. The van der Waals surface area contributed by atoms with Crippen molar-refractivity contribution in [3.8, 4) is 5.75 Å². The Kier molecular flexibility index (Phi) is 5.13. The Hall–Kier alpha value is -2.74. The maximum absolute atomic E-state index is 13.5.